The summed E-state index contributed by atoms with van der Waals surface area (Å²) in [5.74, 6) is 0.854. The van der Waals surface area contributed by atoms with Gasteiger partial charge in [-0.1, -0.05) is 17.7 Å². The lowest BCUT2D eigenvalue weighted by Crippen LogP contribution is -1.99. The van der Waals surface area contributed by atoms with Crippen molar-refractivity contribution in [3.63, 3.8) is 0 Å². The van der Waals surface area contributed by atoms with Gasteiger partial charge in [0.15, 0.2) is 0 Å². The molecule has 8 N–H and O–H groups in total. The van der Waals surface area contributed by atoms with E-state index in [4.69, 9.17) is 15.2 Å². The van der Waals surface area contributed by atoms with Crippen LogP contribution in [0.3, 0.4) is 0 Å². The third-order valence-corrected chi connectivity index (χ3v) is 7.37. The number of fused-ring (bicyclic) bond motifs is 1. The van der Waals surface area contributed by atoms with Crippen LogP contribution in [0, 0.1) is 13.8 Å². The Balaban J connectivity index is 1.99. The van der Waals surface area contributed by atoms with E-state index in [1.165, 1.54) is 31.4 Å². The largest absolute Gasteiger partial charge is 0.495 e. The Hall–Kier alpha value is -3.40. The molecule has 0 aliphatic heterocycles. The number of aryl methyl sites for hydroxylation is 2. The lowest BCUT2D eigenvalue weighted by Gasteiger charge is -2.23. The van der Waals surface area contributed by atoms with Gasteiger partial charge in [0.25, 0.3) is 0 Å². The number of methoxy groups -OCH3 is 1. The lowest BCUT2D eigenvalue weighted by atomic mass is 10.1. The van der Waals surface area contributed by atoms with E-state index in [1.807, 2.05) is 19.1 Å². The van der Waals surface area contributed by atoms with Crippen LogP contribution in [0.25, 0.3) is 10.8 Å². The van der Waals surface area contributed by atoms with Crippen LogP contribution in [-0.4, -0.2) is 34.4 Å². The highest BCUT2D eigenvalue weighted by molar-refractivity contribution is 8.19. The van der Waals surface area contributed by atoms with E-state index in [0.29, 0.717) is 28.4 Å². The van der Waals surface area contributed by atoms with Crippen molar-refractivity contribution in [3.05, 3.63) is 71.8 Å². The van der Waals surface area contributed by atoms with Crippen molar-refractivity contribution in [2.24, 2.45) is 10.2 Å². The Morgan fingerprint density at radius 2 is 1.29 bits per heavy atom. The molecule has 13 heteroatoms. The number of nitrogens with zero attached hydrogens (tertiary/aromatic N) is 2. The van der Waals surface area contributed by atoms with Gasteiger partial charge in [0.05, 0.1) is 39.3 Å². The molecule has 0 fully saturated rings. The normalized spacial score (nSPS) is 13.2. The Bertz CT molecular complexity index is 1530. The van der Waals surface area contributed by atoms with E-state index in [2.05, 4.69) is 10.2 Å². The summed E-state index contributed by atoms with van der Waals surface area (Å²) in [5, 5.41) is 9.03. The van der Waals surface area contributed by atoms with Gasteiger partial charge in [0.1, 0.15) is 39.0 Å². The van der Waals surface area contributed by atoms with Crippen molar-refractivity contribution >= 4 is 49.6 Å². The SMILES string of the molecule is COc1cc(N=Nc2cc(S(O)(O)O)cc3cc(S(O)(O)O)cc(Oc4ccc(C)cc4)c23)c(C)cc1N. The average Bonchev–Trinajstić information content (AvgIpc) is 2.83. The number of azo groups is 1. The van der Waals surface area contributed by atoms with Gasteiger partial charge in [-0.05, 0) is 61.2 Å². The van der Waals surface area contributed by atoms with Gasteiger partial charge >= 0.3 is 0 Å². The first-order valence-corrected chi connectivity index (χ1v) is 14.0. The molecule has 0 aliphatic carbocycles. The predicted molar refractivity (Wildman–Crippen MR) is 149 cm³/mol. The standard InChI is InChI=1S/C25H27N3O8S2/c1-14-4-6-17(7-5-14)36-24-12-19(38(32,33)34)10-16-9-18(37(29,30)31)11-22(25(16)24)28-27-21-13-23(35-3)20(26)8-15(21)2/h4-13,29-34H,26H2,1-3H3. The maximum Gasteiger partial charge on any atom is 0.143 e. The molecule has 0 heterocycles. The number of benzene rings is 4. The average molecular weight is 562 g/mol. The molecule has 11 nitrogen and oxygen atoms in total. The van der Waals surface area contributed by atoms with Crippen LogP contribution in [0.4, 0.5) is 17.1 Å². The number of nitrogens with two attached hydrogens (primary N) is 1. The molecule has 0 amide bonds. The zero-order valence-electron chi connectivity index (χ0n) is 20.6. The molecule has 38 heavy (non-hydrogen) atoms. The van der Waals surface area contributed by atoms with Crippen molar-refractivity contribution in [1.82, 2.24) is 0 Å². The first kappa shape index (κ1) is 27.6. The summed E-state index contributed by atoms with van der Waals surface area (Å²) in [6, 6.07) is 15.2. The molecule has 0 saturated carbocycles. The fourth-order valence-corrected chi connectivity index (χ4v) is 4.81. The van der Waals surface area contributed by atoms with Crippen molar-refractivity contribution in [3.8, 4) is 17.2 Å². The van der Waals surface area contributed by atoms with Gasteiger partial charge in [-0.3, -0.25) is 0 Å². The van der Waals surface area contributed by atoms with Gasteiger partial charge in [0.2, 0.25) is 0 Å². The number of nitrogen functional groups attached to an aromatic ring is 1. The second-order valence-electron chi connectivity index (χ2n) is 8.50. The third-order valence-electron chi connectivity index (χ3n) is 5.63. The van der Waals surface area contributed by atoms with Crippen LogP contribution >= 0.6 is 21.7 Å². The molecular weight excluding hydrogens is 534 g/mol. The van der Waals surface area contributed by atoms with Crippen molar-refractivity contribution in [2.75, 3.05) is 12.8 Å². The predicted octanol–water partition coefficient (Wildman–Crippen LogP) is 8.42. The minimum Gasteiger partial charge on any atom is -0.495 e. The summed E-state index contributed by atoms with van der Waals surface area (Å²) >= 11 is 0. The maximum absolute atomic E-state index is 9.98. The van der Waals surface area contributed by atoms with E-state index >= 15 is 0 Å². The molecule has 4 rings (SSSR count). The summed E-state index contributed by atoms with van der Waals surface area (Å²) in [4.78, 5) is -0.598. The summed E-state index contributed by atoms with van der Waals surface area (Å²) in [5.41, 5.74) is 8.50. The number of rotatable bonds is 7. The zero-order valence-corrected chi connectivity index (χ0v) is 22.2. The molecule has 0 radical (unpaired) electrons. The highest BCUT2D eigenvalue weighted by Crippen LogP contribution is 2.52. The van der Waals surface area contributed by atoms with E-state index in [9.17, 15) is 27.3 Å². The van der Waals surface area contributed by atoms with Crippen LogP contribution in [0.2, 0.25) is 0 Å². The summed E-state index contributed by atoms with van der Waals surface area (Å²) in [6.45, 7) is 3.68. The molecule has 0 saturated heterocycles. The summed E-state index contributed by atoms with van der Waals surface area (Å²) in [6.07, 6.45) is 0. The molecule has 0 aromatic heterocycles. The van der Waals surface area contributed by atoms with Crippen LogP contribution in [0.5, 0.6) is 17.2 Å². The Morgan fingerprint density at radius 3 is 1.87 bits per heavy atom. The second-order valence-corrected chi connectivity index (χ2v) is 11.5. The molecule has 0 bridgehead atoms. The van der Waals surface area contributed by atoms with E-state index < -0.39 is 21.7 Å². The number of hydrogen-bond acceptors (Lipinski definition) is 11. The van der Waals surface area contributed by atoms with Crippen LogP contribution in [0.1, 0.15) is 11.1 Å². The first-order valence-electron chi connectivity index (χ1n) is 11.0. The molecule has 0 spiro atoms. The minimum absolute atomic E-state index is 0.0600. The minimum atomic E-state index is -4.21. The smallest absolute Gasteiger partial charge is 0.143 e. The second kappa shape index (κ2) is 10.4. The Kier molecular flexibility index (Phi) is 7.56. The van der Waals surface area contributed by atoms with E-state index in [0.717, 1.165) is 5.56 Å². The highest BCUT2D eigenvalue weighted by Gasteiger charge is 2.24. The van der Waals surface area contributed by atoms with Gasteiger partial charge in [-0.25, -0.2) is 0 Å². The van der Waals surface area contributed by atoms with E-state index in [1.54, 1.807) is 31.2 Å². The molecule has 4 aromatic carbocycles. The fraction of sp³-hybridized carbons (Fsp3) is 0.120. The van der Waals surface area contributed by atoms with Crippen LogP contribution < -0.4 is 15.2 Å². The Labute approximate surface area is 221 Å². The zero-order chi connectivity index (χ0) is 27.8. The highest BCUT2D eigenvalue weighted by atomic mass is 32.3. The van der Waals surface area contributed by atoms with Crippen LogP contribution in [-0.2, 0) is 0 Å². The summed E-state index contributed by atoms with van der Waals surface area (Å²) in [7, 11) is -6.94. The van der Waals surface area contributed by atoms with Gasteiger partial charge in [0, 0.05) is 12.1 Å². The number of anilines is 1. The van der Waals surface area contributed by atoms with Crippen LogP contribution in [0.15, 0.2) is 80.7 Å². The number of ether oxygens (including phenoxy) is 2. The lowest BCUT2D eigenvalue weighted by molar-refractivity contribution is 0.374. The molecule has 4 aromatic rings. The van der Waals surface area contributed by atoms with Crippen molar-refractivity contribution in [1.29, 1.82) is 0 Å². The topological polar surface area (TPSA) is 191 Å². The van der Waals surface area contributed by atoms with E-state index in [-0.39, 0.29) is 32.0 Å². The molecule has 0 aliphatic rings. The molecular formula is C25H27N3O8S2. The van der Waals surface area contributed by atoms with Gasteiger partial charge in [-0.15, -0.1) is 5.11 Å². The number of hydrogen-bond donors (Lipinski definition) is 7. The van der Waals surface area contributed by atoms with Crippen molar-refractivity contribution < 1.29 is 36.8 Å². The molecule has 202 valence electrons. The van der Waals surface area contributed by atoms with Gasteiger partial charge < -0.3 is 42.5 Å². The van der Waals surface area contributed by atoms with Crippen molar-refractivity contribution in [2.45, 2.75) is 23.6 Å². The van der Waals surface area contributed by atoms with Gasteiger partial charge in [-0.2, -0.15) is 5.11 Å². The maximum atomic E-state index is 9.98. The summed E-state index contributed by atoms with van der Waals surface area (Å²) < 4.78 is 71.1. The fourth-order valence-electron chi connectivity index (χ4n) is 3.70. The Morgan fingerprint density at radius 1 is 0.711 bits per heavy atom. The molecule has 0 atom stereocenters. The third kappa shape index (κ3) is 6.01. The quantitative estimate of drug-likeness (QED) is 0.0856. The molecule has 0 unspecified atom stereocenters. The first-order chi connectivity index (χ1) is 17.8. The monoisotopic (exact) mass is 561 g/mol.